The van der Waals surface area contributed by atoms with Crippen molar-refractivity contribution in [3.8, 4) is 0 Å². The maximum absolute atomic E-state index is 13.0. The molecule has 90 valence electrons. The summed E-state index contributed by atoms with van der Waals surface area (Å²) in [6.45, 7) is 0. The summed E-state index contributed by atoms with van der Waals surface area (Å²) in [7, 11) is 1.23. The molecule has 1 rings (SSSR count). The van der Waals surface area contributed by atoms with E-state index in [4.69, 9.17) is 5.11 Å². The lowest BCUT2D eigenvalue weighted by molar-refractivity contribution is -0.136. The summed E-state index contributed by atoms with van der Waals surface area (Å²) in [6.07, 6.45) is 2.24. The van der Waals surface area contributed by atoms with Crippen LogP contribution in [0.1, 0.15) is 11.1 Å². The molecule has 4 nitrogen and oxygen atoms in total. The van der Waals surface area contributed by atoms with Gasteiger partial charge in [-0.25, -0.2) is 9.18 Å². The molecule has 0 aliphatic heterocycles. The first-order chi connectivity index (χ1) is 8.02. The Morgan fingerprint density at radius 1 is 1.47 bits per heavy atom. The minimum absolute atomic E-state index is 0.303. The Morgan fingerprint density at radius 3 is 2.76 bits per heavy atom. The lowest BCUT2D eigenvalue weighted by Gasteiger charge is -2.03. The molecule has 0 saturated carbocycles. The van der Waals surface area contributed by atoms with Crippen molar-refractivity contribution in [1.29, 1.82) is 0 Å². The molecule has 0 aromatic heterocycles. The molecule has 0 spiro atoms. The largest absolute Gasteiger partial charge is 0.481 e. The summed E-state index contributed by atoms with van der Waals surface area (Å²) in [4.78, 5) is 21.5. The first-order valence-corrected chi connectivity index (χ1v) is 4.79. The van der Waals surface area contributed by atoms with Gasteiger partial charge in [0.2, 0.25) is 0 Å². The molecule has 0 unspecified atom stereocenters. The van der Waals surface area contributed by atoms with Gasteiger partial charge in [-0.3, -0.25) is 4.79 Å². The van der Waals surface area contributed by atoms with Crippen LogP contribution in [0, 0.1) is 5.82 Å². The Hall–Kier alpha value is -2.17. The molecule has 5 heteroatoms. The Kier molecular flexibility index (Phi) is 4.39. The van der Waals surface area contributed by atoms with Crippen LogP contribution in [0.5, 0.6) is 0 Å². The van der Waals surface area contributed by atoms with E-state index in [1.54, 1.807) is 0 Å². The number of benzene rings is 1. The zero-order valence-corrected chi connectivity index (χ0v) is 9.14. The SMILES string of the molecule is COC(=O)C=Cc1ccc(F)cc1CC(=O)O. The third-order valence-corrected chi connectivity index (χ3v) is 2.05. The number of carbonyl (C=O) groups excluding carboxylic acids is 1. The molecule has 0 heterocycles. The van der Waals surface area contributed by atoms with E-state index in [0.29, 0.717) is 11.1 Å². The Balaban J connectivity index is 3.01. The van der Waals surface area contributed by atoms with E-state index in [2.05, 4.69) is 4.74 Å². The van der Waals surface area contributed by atoms with Gasteiger partial charge < -0.3 is 9.84 Å². The molecule has 0 aliphatic rings. The standard InChI is InChI=1S/C12H11FO4/c1-17-12(16)5-3-8-2-4-10(13)6-9(8)7-11(14)15/h2-6H,7H2,1H3,(H,14,15). The third-order valence-electron chi connectivity index (χ3n) is 2.05. The van der Waals surface area contributed by atoms with Crippen molar-refractivity contribution < 1.29 is 23.8 Å². The molecule has 1 aromatic rings. The fraction of sp³-hybridized carbons (Fsp3) is 0.167. The van der Waals surface area contributed by atoms with Gasteiger partial charge >= 0.3 is 11.9 Å². The zero-order chi connectivity index (χ0) is 12.8. The minimum Gasteiger partial charge on any atom is -0.481 e. The quantitative estimate of drug-likeness (QED) is 0.639. The van der Waals surface area contributed by atoms with Gasteiger partial charge in [0.05, 0.1) is 13.5 Å². The second-order valence-corrected chi connectivity index (χ2v) is 3.27. The number of halogens is 1. The zero-order valence-electron chi connectivity index (χ0n) is 9.14. The molecule has 0 aliphatic carbocycles. The molecule has 1 N–H and O–H groups in total. The fourth-order valence-corrected chi connectivity index (χ4v) is 1.28. The average molecular weight is 238 g/mol. The highest BCUT2D eigenvalue weighted by atomic mass is 19.1. The van der Waals surface area contributed by atoms with Gasteiger partial charge in [-0.1, -0.05) is 6.07 Å². The molecule has 1 aromatic carbocycles. The topological polar surface area (TPSA) is 63.6 Å². The molecular formula is C12H11FO4. The van der Waals surface area contributed by atoms with E-state index in [1.165, 1.54) is 25.3 Å². The van der Waals surface area contributed by atoms with Crippen LogP contribution in [0.2, 0.25) is 0 Å². The van der Waals surface area contributed by atoms with Crippen molar-refractivity contribution in [2.45, 2.75) is 6.42 Å². The molecule has 0 radical (unpaired) electrons. The average Bonchev–Trinajstić information content (AvgIpc) is 2.26. The number of carboxylic acids is 1. The maximum Gasteiger partial charge on any atom is 0.330 e. The first kappa shape index (κ1) is 12.9. The molecule has 0 saturated heterocycles. The van der Waals surface area contributed by atoms with E-state index in [9.17, 15) is 14.0 Å². The van der Waals surface area contributed by atoms with Crippen molar-refractivity contribution in [1.82, 2.24) is 0 Å². The van der Waals surface area contributed by atoms with Crippen molar-refractivity contribution in [3.05, 3.63) is 41.2 Å². The second-order valence-electron chi connectivity index (χ2n) is 3.27. The number of methoxy groups -OCH3 is 1. The number of aliphatic carboxylic acids is 1. The van der Waals surface area contributed by atoms with Crippen molar-refractivity contribution >= 4 is 18.0 Å². The monoisotopic (exact) mass is 238 g/mol. The lowest BCUT2D eigenvalue weighted by Crippen LogP contribution is -2.02. The highest BCUT2D eigenvalue weighted by Crippen LogP contribution is 2.14. The Bertz CT molecular complexity index is 466. The fourth-order valence-electron chi connectivity index (χ4n) is 1.28. The van der Waals surface area contributed by atoms with Gasteiger partial charge in [0.1, 0.15) is 5.82 Å². The summed E-state index contributed by atoms with van der Waals surface area (Å²) in [5.74, 6) is -2.14. The van der Waals surface area contributed by atoms with Crippen LogP contribution in [0.4, 0.5) is 4.39 Å². The van der Waals surface area contributed by atoms with Crippen LogP contribution in [0.25, 0.3) is 6.08 Å². The van der Waals surface area contributed by atoms with Crippen LogP contribution in [0.3, 0.4) is 0 Å². The predicted molar refractivity (Wildman–Crippen MR) is 58.8 cm³/mol. The number of carbonyl (C=O) groups is 2. The van der Waals surface area contributed by atoms with Gasteiger partial charge in [-0.2, -0.15) is 0 Å². The van der Waals surface area contributed by atoms with Crippen LogP contribution < -0.4 is 0 Å². The van der Waals surface area contributed by atoms with E-state index in [0.717, 1.165) is 12.1 Å². The maximum atomic E-state index is 13.0. The molecule has 0 bridgehead atoms. The van der Waals surface area contributed by atoms with Crippen LogP contribution in [-0.4, -0.2) is 24.2 Å². The summed E-state index contributed by atoms with van der Waals surface area (Å²) in [5, 5.41) is 8.67. The van der Waals surface area contributed by atoms with Gasteiger partial charge in [0.15, 0.2) is 0 Å². The summed E-state index contributed by atoms with van der Waals surface area (Å²) in [6, 6.07) is 3.74. The molecule has 17 heavy (non-hydrogen) atoms. The minimum atomic E-state index is -1.07. The van der Waals surface area contributed by atoms with Crippen LogP contribution >= 0.6 is 0 Å². The Labute approximate surface area is 97.3 Å². The summed E-state index contributed by atoms with van der Waals surface area (Å²) >= 11 is 0. The number of rotatable bonds is 4. The molecule has 0 amide bonds. The van der Waals surface area contributed by atoms with Crippen LogP contribution in [0.15, 0.2) is 24.3 Å². The second kappa shape index (κ2) is 5.79. The van der Waals surface area contributed by atoms with E-state index >= 15 is 0 Å². The van der Waals surface area contributed by atoms with E-state index in [1.807, 2.05) is 0 Å². The van der Waals surface area contributed by atoms with E-state index < -0.39 is 17.8 Å². The summed E-state index contributed by atoms with van der Waals surface area (Å²) in [5.41, 5.74) is 0.775. The van der Waals surface area contributed by atoms with Crippen molar-refractivity contribution in [3.63, 3.8) is 0 Å². The number of hydrogen-bond acceptors (Lipinski definition) is 3. The number of hydrogen-bond donors (Lipinski definition) is 1. The first-order valence-electron chi connectivity index (χ1n) is 4.79. The van der Waals surface area contributed by atoms with Crippen molar-refractivity contribution in [2.24, 2.45) is 0 Å². The third kappa shape index (κ3) is 4.06. The molecule has 0 fully saturated rings. The van der Waals surface area contributed by atoms with Crippen LogP contribution in [-0.2, 0) is 20.7 Å². The Morgan fingerprint density at radius 2 is 2.18 bits per heavy atom. The number of carboxylic acid groups (broad SMARTS) is 1. The normalized spacial score (nSPS) is 10.5. The van der Waals surface area contributed by atoms with Gasteiger partial charge in [0, 0.05) is 6.08 Å². The predicted octanol–water partition coefficient (Wildman–Crippen LogP) is 1.64. The molecular weight excluding hydrogens is 227 g/mol. The van der Waals surface area contributed by atoms with E-state index in [-0.39, 0.29) is 6.42 Å². The summed E-state index contributed by atoms with van der Waals surface area (Å²) < 4.78 is 17.4. The van der Waals surface area contributed by atoms with Gasteiger partial charge in [-0.05, 0) is 29.3 Å². The van der Waals surface area contributed by atoms with Gasteiger partial charge in [-0.15, -0.1) is 0 Å². The number of esters is 1. The van der Waals surface area contributed by atoms with Crippen molar-refractivity contribution in [2.75, 3.05) is 7.11 Å². The highest BCUT2D eigenvalue weighted by Gasteiger charge is 2.06. The number of ether oxygens (including phenoxy) is 1. The smallest absolute Gasteiger partial charge is 0.330 e. The lowest BCUT2D eigenvalue weighted by atomic mass is 10.0. The van der Waals surface area contributed by atoms with Gasteiger partial charge in [0.25, 0.3) is 0 Å². The highest BCUT2D eigenvalue weighted by molar-refractivity contribution is 5.87. The molecule has 0 atom stereocenters.